The number of hydrogen-bond donors (Lipinski definition) is 0. The molecule has 0 atom stereocenters. The minimum atomic E-state index is 0.298. The average Bonchev–Trinajstić information content (AvgIpc) is 3.18. The van der Waals surface area contributed by atoms with Gasteiger partial charge in [0, 0.05) is 35.8 Å². The van der Waals surface area contributed by atoms with Crippen LogP contribution >= 0.6 is 11.6 Å². The molecule has 146 valence electrons. The van der Waals surface area contributed by atoms with Gasteiger partial charge in [-0.25, -0.2) is 0 Å². The Kier molecular flexibility index (Phi) is 4.47. The van der Waals surface area contributed by atoms with Crippen molar-refractivity contribution in [2.24, 2.45) is 0 Å². The van der Waals surface area contributed by atoms with Gasteiger partial charge in [0.05, 0.1) is 13.7 Å². The molecule has 0 unspecified atom stereocenters. The van der Waals surface area contributed by atoms with Crippen molar-refractivity contribution in [2.45, 2.75) is 19.4 Å². The highest BCUT2D eigenvalue weighted by molar-refractivity contribution is 6.17. The van der Waals surface area contributed by atoms with Gasteiger partial charge in [-0.2, -0.15) is 0 Å². The first-order chi connectivity index (χ1) is 13.8. The SMILES string of the molecule is COc1ccc2c(c1OCCCCl)CN1CCc3cc4c(cc3C1=C2)OCO4. The summed E-state index contributed by atoms with van der Waals surface area (Å²) in [4.78, 5) is 2.40. The quantitative estimate of drug-likeness (QED) is 0.553. The van der Waals surface area contributed by atoms with E-state index in [0.717, 1.165) is 48.9 Å². The fourth-order valence-electron chi connectivity index (χ4n) is 4.11. The van der Waals surface area contributed by atoms with Gasteiger partial charge in [-0.1, -0.05) is 6.07 Å². The standard InChI is InChI=1S/C22H22ClNO4/c1-25-19-4-3-14-9-18-16-11-21-20(27-13-28-21)10-15(16)5-7-24(18)12-17(14)22(19)26-8-2-6-23/h3-4,9-11H,2,5-8,12-13H2,1H3. The Labute approximate surface area is 169 Å². The summed E-state index contributed by atoms with van der Waals surface area (Å²) < 4.78 is 22.8. The predicted molar refractivity (Wildman–Crippen MR) is 108 cm³/mol. The van der Waals surface area contributed by atoms with Crippen LogP contribution < -0.4 is 18.9 Å². The number of rotatable bonds is 5. The summed E-state index contributed by atoms with van der Waals surface area (Å²) >= 11 is 5.82. The molecule has 3 aliphatic heterocycles. The van der Waals surface area contributed by atoms with Gasteiger partial charge in [-0.15, -0.1) is 11.6 Å². The number of alkyl halides is 1. The van der Waals surface area contributed by atoms with E-state index in [9.17, 15) is 0 Å². The summed E-state index contributed by atoms with van der Waals surface area (Å²) in [5.74, 6) is 3.86. The third-order valence-corrected chi connectivity index (χ3v) is 5.78. The van der Waals surface area contributed by atoms with Gasteiger partial charge < -0.3 is 23.8 Å². The van der Waals surface area contributed by atoms with Crippen LogP contribution in [0, 0.1) is 0 Å². The van der Waals surface area contributed by atoms with Crippen molar-refractivity contribution in [1.82, 2.24) is 4.90 Å². The maximum Gasteiger partial charge on any atom is 0.231 e. The van der Waals surface area contributed by atoms with Crippen molar-refractivity contribution in [3.8, 4) is 23.0 Å². The molecule has 0 saturated carbocycles. The van der Waals surface area contributed by atoms with Gasteiger partial charge in [0.15, 0.2) is 23.0 Å². The van der Waals surface area contributed by atoms with E-state index in [4.69, 9.17) is 30.5 Å². The highest BCUT2D eigenvalue weighted by Crippen LogP contribution is 2.45. The molecule has 3 aliphatic rings. The van der Waals surface area contributed by atoms with E-state index in [1.807, 2.05) is 6.07 Å². The second-order valence-electron chi connectivity index (χ2n) is 7.12. The zero-order valence-corrected chi connectivity index (χ0v) is 16.6. The second kappa shape index (κ2) is 7.13. The van der Waals surface area contributed by atoms with Crippen LogP contribution in [0.15, 0.2) is 24.3 Å². The molecular weight excluding hydrogens is 378 g/mol. The fraction of sp³-hybridized carbons (Fsp3) is 0.364. The Hall–Kier alpha value is -2.53. The third kappa shape index (κ3) is 2.85. The lowest BCUT2D eigenvalue weighted by atomic mass is 9.90. The molecule has 0 N–H and O–H groups in total. The van der Waals surface area contributed by atoms with Crippen LogP contribution in [-0.2, 0) is 13.0 Å². The average molecular weight is 400 g/mol. The minimum absolute atomic E-state index is 0.298. The topological polar surface area (TPSA) is 40.2 Å². The van der Waals surface area contributed by atoms with E-state index >= 15 is 0 Å². The Balaban J connectivity index is 1.57. The number of nitrogens with zero attached hydrogens (tertiary/aromatic N) is 1. The number of fused-ring (bicyclic) bond motifs is 5. The molecule has 0 radical (unpaired) electrons. The fourth-order valence-corrected chi connectivity index (χ4v) is 4.22. The number of halogens is 1. The van der Waals surface area contributed by atoms with Gasteiger partial charge in [0.25, 0.3) is 0 Å². The molecule has 2 aromatic rings. The number of methoxy groups -OCH3 is 1. The lowest BCUT2D eigenvalue weighted by Gasteiger charge is -2.37. The minimum Gasteiger partial charge on any atom is -0.493 e. The normalized spacial score (nSPS) is 16.1. The molecule has 3 heterocycles. The number of benzene rings is 2. The molecule has 5 nitrogen and oxygen atoms in total. The molecule has 0 aliphatic carbocycles. The zero-order chi connectivity index (χ0) is 19.1. The highest BCUT2D eigenvalue weighted by Gasteiger charge is 2.30. The summed E-state index contributed by atoms with van der Waals surface area (Å²) in [6.45, 7) is 2.63. The molecule has 0 bridgehead atoms. The summed E-state index contributed by atoms with van der Waals surface area (Å²) in [5, 5.41) is 0. The number of ether oxygens (including phenoxy) is 4. The summed E-state index contributed by atoms with van der Waals surface area (Å²) in [6, 6.07) is 8.32. The van der Waals surface area contributed by atoms with E-state index in [0.29, 0.717) is 19.3 Å². The van der Waals surface area contributed by atoms with E-state index in [2.05, 4.69) is 29.2 Å². The molecule has 2 aromatic carbocycles. The monoisotopic (exact) mass is 399 g/mol. The molecular formula is C22H22ClNO4. The summed E-state index contributed by atoms with van der Waals surface area (Å²) in [6.07, 6.45) is 4.03. The van der Waals surface area contributed by atoms with Crippen molar-refractivity contribution >= 4 is 23.4 Å². The van der Waals surface area contributed by atoms with E-state index in [1.54, 1.807) is 7.11 Å². The Bertz CT molecular complexity index is 956. The van der Waals surface area contributed by atoms with Crippen molar-refractivity contribution in [3.63, 3.8) is 0 Å². The lowest BCUT2D eigenvalue weighted by Crippen LogP contribution is -2.31. The van der Waals surface area contributed by atoms with Gasteiger partial charge >= 0.3 is 0 Å². The molecule has 6 heteroatoms. The maximum atomic E-state index is 6.07. The first kappa shape index (κ1) is 17.6. The third-order valence-electron chi connectivity index (χ3n) is 5.51. The largest absolute Gasteiger partial charge is 0.493 e. The van der Waals surface area contributed by atoms with Gasteiger partial charge in [-0.05, 0) is 48.2 Å². The maximum absolute atomic E-state index is 6.07. The summed E-state index contributed by atoms with van der Waals surface area (Å²) in [5.41, 5.74) is 6.09. The molecule has 5 rings (SSSR count). The van der Waals surface area contributed by atoms with Crippen molar-refractivity contribution in [3.05, 3.63) is 46.5 Å². The highest BCUT2D eigenvalue weighted by atomic mass is 35.5. The van der Waals surface area contributed by atoms with Crippen molar-refractivity contribution < 1.29 is 18.9 Å². The van der Waals surface area contributed by atoms with Crippen LogP contribution in [0.3, 0.4) is 0 Å². The Morgan fingerprint density at radius 1 is 1.18 bits per heavy atom. The Morgan fingerprint density at radius 3 is 2.86 bits per heavy atom. The smallest absolute Gasteiger partial charge is 0.231 e. The van der Waals surface area contributed by atoms with Gasteiger partial charge in [0.2, 0.25) is 6.79 Å². The van der Waals surface area contributed by atoms with E-state index in [-0.39, 0.29) is 0 Å². The van der Waals surface area contributed by atoms with Crippen LogP contribution in [0.1, 0.15) is 28.7 Å². The van der Waals surface area contributed by atoms with Crippen molar-refractivity contribution in [2.75, 3.05) is 32.9 Å². The molecule has 0 fully saturated rings. The first-order valence-electron chi connectivity index (χ1n) is 9.56. The molecule has 28 heavy (non-hydrogen) atoms. The first-order valence-corrected chi connectivity index (χ1v) is 10.1. The molecule has 0 spiro atoms. The zero-order valence-electron chi connectivity index (χ0n) is 15.8. The van der Waals surface area contributed by atoms with Crippen LogP contribution in [0.4, 0.5) is 0 Å². The van der Waals surface area contributed by atoms with E-state index in [1.165, 1.54) is 28.0 Å². The van der Waals surface area contributed by atoms with Crippen LogP contribution in [0.25, 0.3) is 11.8 Å². The van der Waals surface area contributed by atoms with Gasteiger partial charge in [-0.3, -0.25) is 0 Å². The lowest BCUT2D eigenvalue weighted by molar-refractivity contribution is 0.174. The summed E-state index contributed by atoms with van der Waals surface area (Å²) in [7, 11) is 1.68. The van der Waals surface area contributed by atoms with Gasteiger partial charge in [0.1, 0.15) is 0 Å². The van der Waals surface area contributed by atoms with Crippen LogP contribution in [0.2, 0.25) is 0 Å². The van der Waals surface area contributed by atoms with Crippen molar-refractivity contribution in [1.29, 1.82) is 0 Å². The molecule has 0 aromatic heterocycles. The van der Waals surface area contributed by atoms with E-state index < -0.39 is 0 Å². The second-order valence-corrected chi connectivity index (χ2v) is 7.50. The van der Waals surface area contributed by atoms with Crippen LogP contribution in [0.5, 0.6) is 23.0 Å². The molecule has 0 saturated heterocycles. The molecule has 0 amide bonds. The Morgan fingerprint density at radius 2 is 2.04 bits per heavy atom. The van der Waals surface area contributed by atoms with Crippen LogP contribution in [-0.4, -0.2) is 37.8 Å². The predicted octanol–water partition coefficient (Wildman–Crippen LogP) is 4.30. The number of hydrogen-bond acceptors (Lipinski definition) is 5.